The van der Waals surface area contributed by atoms with Gasteiger partial charge >= 0.3 is 5.97 Å². The number of fused-ring (bicyclic) bond motifs is 1. The van der Waals surface area contributed by atoms with Crippen LogP contribution >= 0.6 is 0 Å². The molecule has 4 rings (SSSR count). The maximum atomic E-state index is 13.1. The lowest BCUT2D eigenvalue weighted by Gasteiger charge is -2.36. The lowest BCUT2D eigenvalue weighted by Crippen LogP contribution is -2.48. The van der Waals surface area contributed by atoms with Gasteiger partial charge in [0.1, 0.15) is 0 Å². The molecule has 0 aromatic heterocycles. The number of amides is 1. The van der Waals surface area contributed by atoms with Gasteiger partial charge in [-0.1, -0.05) is 37.3 Å². The monoisotopic (exact) mass is 496 g/mol. The zero-order chi connectivity index (χ0) is 25.0. The van der Waals surface area contributed by atoms with E-state index >= 15 is 0 Å². The number of piperidine rings is 1. The highest BCUT2D eigenvalue weighted by Gasteiger charge is 2.31. The Morgan fingerprint density at radius 3 is 2.57 bits per heavy atom. The molecule has 7 nitrogen and oxygen atoms in total. The third kappa shape index (κ3) is 5.42. The van der Waals surface area contributed by atoms with Gasteiger partial charge in [0.2, 0.25) is 0 Å². The number of anilines is 1. The second-order valence-electron chi connectivity index (χ2n) is 9.03. The summed E-state index contributed by atoms with van der Waals surface area (Å²) < 4.78 is 33.0. The molecule has 35 heavy (non-hydrogen) atoms. The van der Waals surface area contributed by atoms with Gasteiger partial charge in [-0.15, -0.1) is 0 Å². The summed E-state index contributed by atoms with van der Waals surface area (Å²) in [5, 5.41) is 0. The number of esters is 1. The largest absolute Gasteiger partial charge is 0.449 e. The summed E-state index contributed by atoms with van der Waals surface area (Å²) in [4.78, 5) is 27.1. The van der Waals surface area contributed by atoms with Crippen LogP contribution in [0.5, 0.6) is 0 Å². The Bertz CT molecular complexity index is 1210. The molecule has 2 heterocycles. The highest BCUT2D eigenvalue weighted by atomic mass is 32.2. The molecule has 186 valence electrons. The standard InChI is InChI=1S/C27H32N2O5S/c1-3-23-9-6-7-18-28(23)27(31)20(2)34-26(30)16-13-21-11-14-24(15-12-21)35(32,33)29-19-17-22-8-4-5-10-25(22)29/h4-5,8,10-16,20,23H,3,6-7,9,17-19H2,1-2H3/b16-13+. The lowest BCUT2D eigenvalue weighted by atomic mass is 9.99. The third-order valence-corrected chi connectivity index (χ3v) is 8.57. The minimum absolute atomic E-state index is 0.156. The van der Waals surface area contributed by atoms with Gasteiger partial charge in [-0.05, 0) is 74.4 Å². The molecular weight excluding hydrogens is 464 g/mol. The maximum absolute atomic E-state index is 13.1. The number of carbonyl (C=O) groups is 2. The van der Waals surface area contributed by atoms with Gasteiger partial charge in [-0.3, -0.25) is 9.10 Å². The first-order valence-corrected chi connectivity index (χ1v) is 13.6. The molecular formula is C27H32N2O5S. The van der Waals surface area contributed by atoms with E-state index in [4.69, 9.17) is 4.74 Å². The molecule has 1 saturated heterocycles. The fourth-order valence-electron chi connectivity index (χ4n) is 4.81. The van der Waals surface area contributed by atoms with Crippen molar-refractivity contribution in [2.24, 2.45) is 0 Å². The number of ether oxygens (including phenoxy) is 1. The van der Waals surface area contributed by atoms with Crippen molar-refractivity contribution < 1.29 is 22.7 Å². The number of hydrogen-bond acceptors (Lipinski definition) is 5. The fraction of sp³-hybridized carbons (Fsp3) is 0.407. The minimum Gasteiger partial charge on any atom is -0.449 e. The smallest absolute Gasteiger partial charge is 0.331 e. The first kappa shape index (κ1) is 25.0. The molecule has 8 heteroatoms. The molecule has 0 bridgehead atoms. The molecule has 2 atom stereocenters. The van der Waals surface area contributed by atoms with Crippen LogP contribution in [0.3, 0.4) is 0 Å². The Hall–Kier alpha value is -3.13. The van der Waals surface area contributed by atoms with Gasteiger partial charge < -0.3 is 9.64 Å². The van der Waals surface area contributed by atoms with E-state index in [2.05, 4.69) is 6.92 Å². The van der Waals surface area contributed by atoms with Gasteiger partial charge in [0.15, 0.2) is 6.10 Å². The van der Waals surface area contributed by atoms with E-state index < -0.39 is 22.1 Å². The van der Waals surface area contributed by atoms with Gasteiger partial charge in [0.25, 0.3) is 15.9 Å². The van der Waals surface area contributed by atoms with E-state index in [0.717, 1.165) is 36.9 Å². The molecule has 0 saturated carbocycles. The molecule has 0 spiro atoms. The van der Waals surface area contributed by atoms with E-state index in [-0.39, 0.29) is 16.8 Å². The van der Waals surface area contributed by atoms with Crippen molar-refractivity contribution in [3.05, 3.63) is 65.7 Å². The summed E-state index contributed by atoms with van der Waals surface area (Å²) in [7, 11) is -3.67. The predicted molar refractivity (Wildman–Crippen MR) is 135 cm³/mol. The summed E-state index contributed by atoms with van der Waals surface area (Å²) in [6.45, 7) is 4.79. The quantitative estimate of drug-likeness (QED) is 0.424. The van der Waals surface area contributed by atoms with Gasteiger partial charge in [0.05, 0.1) is 10.6 Å². The second kappa shape index (κ2) is 10.6. The fourth-order valence-corrected chi connectivity index (χ4v) is 6.32. The van der Waals surface area contributed by atoms with Crippen LogP contribution in [0.4, 0.5) is 5.69 Å². The van der Waals surface area contributed by atoms with Gasteiger partial charge in [-0.2, -0.15) is 0 Å². The highest BCUT2D eigenvalue weighted by Crippen LogP contribution is 2.32. The van der Waals surface area contributed by atoms with E-state index in [1.165, 1.54) is 22.5 Å². The van der Waals surface area contributed by atoms with Crippen molar-refractivity contribution in [1.82, 2.24) is 4.90 Å². The summed E-state index contributed by atoms with van der Waals surface area (Å²) in [5.74, 6) is -0.766. The van der Waals surface area contributed by atoms with E-state index in [1.54, 1.807) is 25.1 Å². The van der Waals surface area contributed by atoms with Crippen LogP contribution in [0.25, 0.3) is 6.08 Å². The molecule has 2 aromatic rings. The van der Waals surface area contributed by atoms with Crippen LogP contribution in [0.15, 0.2) is 59.5 Å². The Labute approximate surface area is 207 Å². The molecule has 1 amide bonds. The number of rotatable bonds is 7. The van der Waals surface area contributed by atoms with Crippen LogP contribution in [0, 0.1) is 0 Å². The van der Waals surface area contributed by atoms with Crippen molar-refractivity contribution in [2.75, 3.05) is 17.4 Å². The first-order chi connectivity index (χ1) is 16.8. The lowest BCUT2D eigenvalue weighted by molar-refractivity contribution is -0.157. The number of para-hydroxylation sites is 1. The molecule has 2 aliphatic heterocycles. The molecule has 0 aliphatic carbocycles. The average Bonchev–Trinajstić information content (AvgIpc) is 3.32. The number of carbonyl (C=O) groups excluding carboxylic acids is 2. The molecule has 2 aliphatic rings. The Kier molecular flexibility index (Phi) is 7.60. The zero-order valence-corrected chi connectivity index (χ0v) is 21.0. The SMILES string of the molecule is CCC1CCCCN1C(=O)C(C)OC(=O)/C=C/c1ccc(S(=O)(=O)N2CCc3ccccc32)cc1. The maximum Gasteiger partial charge on any atom is 0.331 e. The number of sulfonamides is 1. The number of benzene rings is 2. The van der Waals surface area contributed by atoms with Crippen molar-refractivity contribution >= 4 is 33.7 Å². The molecule has 0 radical (unpaired) electrons. The number of nitrogens with zero attached hydrogens (tertiary/aromatic N) is 2. The summed E-state index contributed by atoms with van der Waals surface area (Å²) in [6, 6.07) is 14.1. The van der Waals surface area contributed by atoms with Gasteiger partial charge in [0, 0.05) is 25.2 Å². The Morgan fingerprint density at radius 2 is 1.83 bits per heavy atom. The first-order valence-electron chi connectivity index (χ1n) is 12.2. The third-order valence-electron chi connectivity index (χ3n) is 6.75. The zero-order valence-electron chi connectivity index (χ0n) is 20.2. The summed E-state index contributed by atoms with van der Waals surface area (Å²) in [6.07, 6.45) is 6.62. The van der Waals surface area contributed by atoms with E-state index in [9.17, 15) is 18.0 Å². The van der Waals surface area contributed by atoms with Crippen molar-refractivity contribution in [1.29, 1.82) is 0 Å². The Morgan fingerprint density at radius 1 is 1.09 bits per heavy atom. The topological polar surface area (TPSA) is 84.0 Å². The second-order valence-corrected chi connectivity index (χ2v) is 10.9. The molecule has 1 fully saturated rings. The molecule has 2 aromatic carbocycles. The molecule has 2 unspecified atom stereocenters. The predicted octanol–water partition coefficient (Wildman–Crippen LogP) is 4.17. The van der Waals surface area contributed by atoms with Crippen LogP contribution in [-0.2, 0) is 30.8 Å². The van der Waals surface area contributed by atoms with E-state index in [0.29, 0.717) is 25.1 Å². The minimum atomic E-state index is -3.67. The van der Waals surface area contributed by atoms with Crippen LogP contribution < -0.4 is 4.31 Å². The van der Waals surface area contributed by atoms with Gasteiger partial charge in [-0.25, -0.2) is 13.2 Å². The van der Waals surface area contributed by atoms with Crippen LogP contribution in [-0.4, -0.2) is 50.4 Å². The normalized spacial score (nSPS) is 19.0. The number of likely N-dealkylation sites (tertiary alicyclic amines) is 1. The number of hydrogen-bond donors (Lipinski definition) is 0. The summed E-state index contributed by atoms with van der Waals surface area (Å²) >= 11 is 0. The van der Waals surface area contributed by atoms with Crippen molar-refractivity contribution in [2.45, 2.75) is 63.0 Å². The average molecular weight is 497 g/mol. The van der Waals surface area contributed by atoms with Crippen molar-refractivity contribution in [3.8, 4) is 0 Å². The van der Waals surface area contributed by atoms with E-state index in [1.807, 2.05) is 29.2 Å². The van der Waals surface area contributed by atoms with Crippen molar-refractivity contribution in [3.63, 3.8) is 0 Å². The molecule has 0 N–H and O–H groups in total. The van der Waals surface area contributed by atoms with Crippen LogP contribution in [0.2, 0.25) is 0 Å². The van der Waals surface area contributed by atoms with Crippen LogP contribution in [0.1, 0.15) is 50.7 Å². The Balaban J connectivity index is 1.37. The summed E-state index contributed by atoms with van der Waals surface area (Å²) in [5.41, 5.74) is 2.40. The highest BCUT2D eigenvalue weighted by molar-refractivity contribution is 7.92.